The largest absolute Gasteiger partial charge is 0.481 e. The van der Waals surface area contributed by atoms with Crippen molar-refractivity contribution in [2.45, 2.75) is 13.5 Å². The van der Waals surface area contributed by atoms with Crippen LogP contribution in [-0.4, -0.2) is 85.4 Å². The van der Waals surface area contributed by atoms with Crippen LogP contribution in [0.25, 0.3) is 0 Å². The number of ether oxygens (including phenoxy) is 6. The zero-order chi connectivity index (χ0) is 33.6. The van der Waals surface area contributed by atoms with Crippen LogP contribution in [0.15, 0.2) is 72.8 Å². The predicted octanol–water partition coefficient (Wildman–Crippen LogP) is 3.63. The minimum atomic E-state index is -0.464. The van der Waals surface area contributed by atoms with Crippen molar-refractivity contribution in [3.05, 3.63) is 95.6 Å². The Morgan fingerprint density at radius 1 is 0.533 bits per heavy atom. The molecular formula is C31H36N4O10. The topological polar surface area (TPSA) is 178 Å². The molecule has 0 unspecified atom stereocenters. The minimum absolute atomic E-state index is 0.0444. The molecule has 0 bridgehead atoms. The van der Waals surface area contributed by atoms with Crippen molar-refractivity contribution in [2.75, 3.05) is 42.7 Å². The van der Waals surface area contributed by atoms with Crippen LogP contribution >= 0.6 is 0 Å². The third-order valence-corrected chi connectivity index (χ3v) is 5.10. The van der Waals surface area contributed by atoms with Gasteiger partial charge < -0.3 is 33.5 Å². The fraction of sp³-hybridized carbons (Fsp3) is 0.258. The molecule has 0 saturated carbocycles. The highest BCUT2D eigenvalue weighted by molar-refractivity contribution is 5.92. The first-order valence-corrected chi connectivity index (χ1v) is 13.0. The van der Waals surface area contributed by atoms with Crippen molar-refractivity contribution in [1.29, 1.82) is 0 Å². The Labute approximate surface area is 260 Å². The molecule has 0 aromatic carbocycles. The lowest BCUT2D eigenvalue weighted by molar-refractivity contribution is 0.0584. The number of aromatic nitrogens is 4. The maximum Gasteiger partial charge on any atom is 0.356 e. The monoisotopic (exact) mass is 624 g/mol. The fourth-order valence-electron chi connectivity index (χ4n) is 2.88. The second-order valence-electron chi connectivity index (χ2n) is 8.06. The van der Waals surface area contributed by atoms with Gasteiger partial charge in [-0.25, -0.2) is 29.5 Å². The van der Waals surface area contributed by atoms with E-state index in [9.17, 15) is 14.4 Å². The Balaban J connectivity index is 0.000000301. The second-order valence-corrected chi connectivity index (χ2v) is 8.06. The minimum Gasteiger partial charge on any atom is -0.481 e. The van der Waals surface area contributed by atoms with Crippen molar-refractivity contribution in [3.8, 4) is 23.5 Å². The van der Waals surface area contributed by atoms with Crippen molar-refractivity contribution in [3.63, 3.8) is 0 Å². The normalized spacial score (nSPS) is 9.24. The average molecular weight is 625 g/mol. The molecule has 0 amide bonds. The number of esters is 2. The smallest absolute Gasteiger partial charge is 0.356 e. The van der Waals surface area contributed by atoms with Gasteiger partial charge in [0.05, 0.1) is 55.0 Å². The van der Waals surface area contributed by atoms with Gasteiger partial charge in [0.2, 0.25) is 23.5 Å². The molecule has 0 atom stereocenters. The molecule has 45 heavy (non-hydrogen) atoms. The Hall–Kier alpha value is -5.63. The molecular weight excluding hydrogens is 588 g/mol. The van der Waals surface area contributed by atoms with Crippen molar-refractivity contribution >= 4 is 17.7 Å². The van der Waals surface area contributed by atoms with E-state index in [1.54, 1.807) is 79.9 Å². The summed E-state index contributed by atoms with van der Waals surface area (Å²) in [5, 5.41) is 8.64. The molecule has 14 nitrogen and oxygen atoms in total. The molecule has 4 heterocycles. The first-order valence-electron chi connectivity index (χ1n) is 13.0. The number of carbonyl (C=O) groups excluding carboxylic acids is 3. The van der Waals surface area contributed by atoms with Crippen LogP contribution in [0.1, 0.15) is 44.1 Å². The fourth-order valence-corrected chi connectivity index (χ4v) is 2.88. The molecule has 4 aromatic heterocycles. The van der Waals surface area contributed by atoms with Crippen LogP contribution in [0.3, 0.4) is 0 Å². The molecule has 0 saturated heterocycles. The van der Waals surface area contributed by atoms with Gasteiger partial charge in [-0.2, -0.15) is 0 Å². The second kappa shape index (κ2) is 21.1. The number of aliphatic hydroxyl groups excluding tert-OH is 1. The van der Waals surface area contributed by atoms with Crippen LogP contribution in [0.2, 0.25) is 0 Å². The summed E-state index contributed by atoms with van der Waals surface area (Å²) in [5.74, 6) is 0.826. The number of hydrogen-bond acceptors (Lipinski definition) is 14. The molecule has 0 aliphatic heterocycles. The van der Waals surface area contributed by atoms with Crippen LogP contribution in [-0.2, 0) is 16.1 Å². The van der Waals surface area contributed by atoms with E-state index in [1.807, 2.05) is 0 Å². The number of aliphatic hydroxyl groups is 1. The molecule has 240 valence electrons. The molecule has 0 aliphatic rings. The van der Waals surface area contributed by atoms with Gasteiger partial charge >= 0.3 is 11.9 Å². The summed E-state index contributed by atoms with van der Waals surface area (Å²) < 4.78 is 28.3. The zero-order valence-corrected chi connectivity index (χ0v) is 26.0. The van der Waals surface area contributed by atoms with Gasteiger partial charge in [-0.1, -0.05) is 24.3 Å². The molecule has 4 aromatic rings. The van der Waals surface area contributed by atoms with Crippen LogP contribution < -0.4 is 18.9 Å². The van der Waals surface area contributed by atoms with Gasteiger partial charge in [-0.05, 0) is 24.3 Å². The Kier molecular flexibility index (Phi) is 17.6. The summed E-state index contributed by atoms with van der Waals surface area (Å²) >= 11 is 0. The Morgan fingerprint density at radius 3 is 1.20 bits per heavy atom. The van der Waals surface area contributed by atoms with Crippen LogP contribution in [0, 0.1) is 0 Å². The summed E-state index contributed by atoms with van der Waals surface area (Å²) in [6.07, 6.45) is 0. The SMILES string of the molecule is COC(=O)c1cccc(OC)n1.COC(=O)c1cccc(OC)n1.COc1cccc(C(C)=O)n1.COc1cccc(CO)n1. The highest BCUT2D eigenvalue weighted by atomic mass is 16.5. The maximum absolute atomic E-state index is 10.9. The first kappa shape index (κ1) is 37.4. The number of hydrogen-bond donors (Lipinski definition) is 1. The molecule has 4 rings (SSSR count). The van der Waals surface area contributed by atoms with Crippen molar-refractivity contribution < 1.29 is 47.9 Å². The first-order chi connectivity index (χ1) is 21.6. The summed E-state index contributed by atoms with van der Waals surface area (Å²) in [4.78, 5) is 48.3. The predicted molar refractivity (Wildman–Crippen MR) is 162 cm³/mol. The quantitative estimate of drug-likeness (QED) is 0.222. The highest BCUT2D eigenvalue weighted by Crippen LogP contribution is 2.09. The van der Waals surface area contributed by atoms with Crippen molar-refractivity contribution in [1.82, 2.24) is 19.9 Å². The third kappa shape index (κ3) is 13.9. The number of pyridine rings is 4. The van der Waals surface area contributed by atoms with Gasteiger partial charge in [-0.3, -0.25) is 4.79 Å². The molecule has 0 radical (unpaired) electrons. The third-order valence-electron chi connectivity index (χ3n) is 5.10. The van der Waals surface area contributed by atoms with E-state index in [0.717, 1.165) is 0 Å². The molecule has 1 N–H and O–H groups in total. The van der Waals surface area contributed by atoms with E-state index in [4.69, 9.17) is 24.1 Å². The van der Waals surface area contributed by atoms with Crippen molar-refractivity contribution in [2.24, 2.45) is 0 Å². The van der Waals surface area contributed by atoms with Crippen LogP contribution in [0.5, 0.6) is 23.5 Å². The summed E-state index contributed by atoms with van der Waals surface area (Å²) in [5.41, 5.74) is 1.55. The number of ketones is 1. The lowest BCUT2D eigenvalue weighted by Gasteiger charge is -2.00. The molecule has 14 heteroatoms. The van der Waals surface area contributed by atoms with E-state index in [-0.39, 0.29) is 23.8 Å². The molecule has 0 aliphatic carbocycles. The zero-order valence-electron chi connectivity index (χ0n) is 26.0. The van der Waals surface area contributed by atoms with E-state index < -0.39 is 11.9 Å². The standard InChI is InChI=1S/2C8H9NO3.C8H9NO2.C7H9NO2/c2*1-11-7-5-3-4-6(9-7)8(10)12-2;1-6(10)7-4-3-5-8(9-7)11-2;1-10-7-4-2-3-6(5-9)8-7/h2*3-5H,1-2H3;3-5H,1-2H3;2-4,9H,5H2,1H3. The van der Waals surface area contributed by atoms with Gasteiger partial charge in [0.1, 0.15) is 5.69 Å². The summed E-state index contributed by atoms with van der Waals surface area (Å²) in [6.45, 7) is 1.43. The van der Waals surface area contributed by atoms with Gasteiger partial charge in [0.15, 0.2) is 17.2 Å². The highest BCUT2D eigenvalue weighted by Gasteiger charge is 2.07. The van der Waals surface area contributed by atoms with E-state index in [2.05, 4.69) is 29.4 Å². The van der Waals surface area contributed by atoms with E-state index in [0.29, 0.717) is 34.9 Å². The Bertz CT molecular complexity index is 1420. The number of Topliss-reactive ketones (excluding diaryl/α,β-unsaturated/α-hetero) is 1. The van der Waals surface area contributed by atoms with E-state index >= 15 is 0 Å². The molecule has 0 spiro atoms. The van der Waals surface area contributed by atoms with Gasteiger partial charge in [-0.15, -0.1) is 0 Å². The number of carbonyl (C=O) groups is 3. The molecule has 0 fully saturated rings. The summed E-state index contributed by atoms with van der Waals surface area (Å²) in [7, 11) is 8.66. The van der Waals surface area contributed by atoms with E-state index in [1.165, 1.54) is 42.5 Å². The van der Waals surface area contributed by atoms with Gasteiger partial charge in [0, 0.05) is 31.2 Å². The number of rotatable bonds is 8. The van der Waals surface area contributed by atoms with Gasteiger partial charge in [0.25, 0.3) is 0 Å². The van der Waals surface area contributed by atoms with Crippen LogP contribution in [0.4, 0.5) is 0 Å². The number of nitrogens with zero attached hydrogens (tertiary/aromatic N) is 4. The maximum atomic E-state index is 10.9. The average Bonchev–Trinajstić information content (AvgIpc) is 3.11. The Morgan fingerprint density at radius 2 is 0.867 bits per heavy atom. The number of methoxy groups -OCH3 is 6. The lowest BCUT2D eigenvalue weighted by Crippen LogP contribution is -2.04. The summed E-state index contributed by atoms with van der Waals surface area (Å²) in [6, 6.07) is 20.2. The lowest BCUT2D eigenvalue weighted by atomic mass is 10.3.